The Morgan fingerprint density at radius 2 is 1.81 bits per heavy atom. The highest BCUT2D eigenvalue weighted by molar-refractivity contribution is 7.89. The fourth-order valence-electron chi connectivity index (χ4n) is 2.19. The van der Waals surface area contributed by atoms with Crippen LogP contribution in [0.3, 0.4) is 0 Å². The van der Waals surface area contributed by atoms with E-state index in [1.54, 1.807) is 6.07 Å². The third-order valence-corrected chi connectivity index (χ3v) is 5.21. The van der Waals surface area contributed by atoms with Gasteiger partial charge in [-0.2, -0.15) is 4.31 Å². The Morgan fingerprint density at radius 1 is 1.24 bits per heavy atom. The second kappa shape index (κ2) is 7.98. The fourth-order valence-corrected chi connectivity index (χ4v) is 4.34. The van der Waals surface area contributed by atoms with E-state index in [0.29, 0.717) is 23.7 Å². The third-order valence-electron chi connectivity index (χ3n) is 3.08. The lowest BCUT2D eigenvalue weighted by Gasteiger charge is -2.23. The van der Waals surface area contributed by atoms with E-state index < -0.39 is 10.0 Å². The predicted octanol–water partition coefficient (Wildman–Crippen LogP) is 2.62. The van der Waals surface area contributed by atoms with Gasteiger partial charge in [-0.15, -0.1) is 0 Å². The Bertz CT molecular complexity index is 570. The van der Waals surface area contributed by atoms with Gasteiger partial charge in [0.15, 0.2) is 0 Å². The van der Waals surface area contributed by atoms with Gasteiger partial charge in [0.2, 0.25) is 10.0 Å². The van der Waals surface area contributed by atoms with Crippen molar-refractivity contribution in [1.82, 2.24) is 4.31 Å². The molecule has 0 amide bonds. The molecule has 0 spiro atoms. The number of halogens is 1. The van der Waals surface area contributed by atoms with Crippen LogP contribution in [0.5, 0.6) is 5.75 Å². The van der Waals surface area contributed by atoms with E-state index in [-0.39, 0.29) is 17.2 Å². The second-order valence-corrected chi connectivity index (χ2v) is 7.05. The highest BCUT2D eigenvalue weighted by Crippen LogP contribution is 2.33. The SMILES string of the molecule is CCCN(CCC)S(=O)(=O)c1cc(Cl)cc(CN)c1OC. The van der Waals surface area contributed by atoms with Crippen molar-refractivity contribution in [3.8, 4) is 5.75 Å². The zero-order valence-electron chi connectivity index (χ0n) is 12.7. The van der Waals surface area contributed by atoms with Crippen molar-refractivity contribution in [1.29, 1.82) is 0 Å². The lowest BCUT2D eigenvalue weighted by atomic mass is 10.2. The standard InChI is InChI=1S/C14H23ClN2O3S/c1-4-6-17(7-5-2)21(18,19)13-9-12(15)8-11(10-16)14(13)20-3/h8-9H,4-7,10,16H2,1-3H3. The smallest absolute Gasteiger partial charge is 0.246 e. The quantitative estimate of drug-likeness (QED) is 0.793. The zero-order chi connectivity index (χ0) is 16.0. The van der Waals surface area contributed by atoms with Crippen molar-refractivity contribution in [2.45, 2.75) is 38.1 Å². The van der Waals surface area contributed by atoms with Crippen molar-refractivity contribution < 1.29 is 13.2 Å². The molecule has 0 aromatic heterocycles. The molecule has 0 saturated heterocycles. The molecule has 2 N–H and O–H groups in total. The van der Waals surface area contributed by atoms with Gasteiger partial charge in [-0.25, -0.2) is 8.42 Å². The molecular weight excluding hydrogens is 312 g/mol. The summed E-state index contributed by atoms with van der Waals surface area (Å²) in [5, 5.41) is 0.336. The van der Waals surface area contributed by atoms with Crippen LogP contribution in [0.1, 0.15) is 32.3 Å². The summed E-state index contributed by atoms with van der Waals surface area (Å²) in [5.41, 5.74) is 6.23. The summed E-state index contributed by atoms with van der Waals surface area (Å²) in [4.78, 5) is 0.0832. The number of nitrogens with two attached hydrogens (primary N) is 1. The van der Waals surface area contributed by atoms with E-state index >= 15 is 0 Å². The molecule has 0 heterocycles. The maximum atomic E-state index is 12.9. The molecule has 0 aliphatic heterocycles. The number of nitrogens with zero attached hydrogens (tertiary/aromatic N) is 1. The lowest BCUT2D eigenvalue weighted by molar-refractivity contribution is 0.384. The molecule has 0 radical (unpaired) electrons. The molecule has 0 aliphatic carbocycles. The molecule has 0 aliphatic rings. The van der Waals surface area contributed by atoms with Crippen LogP contribution in [0.25, 0.3) is 0 Å². The minimum absolute atomic E-state index is 0.0832. The number of hydrogen-bond acceptors (Lipinski definition) is 4. The summed E-state index contributed by atoms with van der Waals surface area (Å²) in [5.74, 6) is 0.277. The van der Waals surface area contributed by atoms with Crippen molar-refractivity contribution in [3.05, 3.63) is 22.7 Å². The normalized spacial score (nSPS) is 11.9. The molecular formula is C14H23ClN2O3S. The average Bonchev–Trinajstić information content (AvgIpc) is 2.45. The van der Waals surface area contributed by atoms with E-state index in [2.05, 4.69) is 0 Å². The second-order valence-electron chi connectivity index (χ2n) is 4.70. The highest BCUT2D eigenvalue weighted by atomic mass is 35.5. The van der Waals surface area contributed by atoms with Crippen LogP contribution >= 0.6 is 11.6 Å². The molecule has 0 unspecified atom stereocenters. The van der Waals surface area contributed by atoms with Gasteiger partial charge in [0.05, 0.1) is 7.11 Å². The third kappa shape index (κ3) is 4.10. The highest BCUT2D eigenvalue weighted by Gasteiger charge is 2.28. The first-order chi connectivity index (χ1) is 9.92. The maximum absolute atomic E-state index is 12.9. The van der Waals surface area contributed by atoms with Crippen LogP contribution in [0.15, 0.2) is 17.0 Å². The molecule has 0 fully saturated rings. The number of methoxy groups -OCH3 is 1. The number of rotatable bonds is 8. The van der Waals surface area contributed by atoms with Crippen LogP contribution < -0.4 is 10.5 Å². The molecule has 1 aromatic rings. The average molecular weight is 335 g/mol. The van der Waals surface area contributed by atoms with E-state index in [4.69, 9.17) is 22.1 Å². The predicted molar refractivity (Wildman–Crippen MR) is 85.2 cm³/mol. The van der Waals surface area contributed by atoms with E-state index in [1.165, 1.54) is 17.5 Å². The van der Waals surface area contributed by atoms with Gasteiger partial charge in [0.1, 0.15) is 10.6 Å². The molecule has 21 heavy (non-hydrogen) atoms. The van der Waals surface area contributed by atoms with Gasteiger partial charge in [-0.3, -0.25) is 0 Å². The molecule has 1 aromatic carbocycles. The monoisotopic (exact) mass is 334 g/mol. The largest absolute Gasteiger partial charge is 0.495 e. The van der Waals surface area contributed by atoms with Gasteiger partial charge in [-0.05, 0) is 25.0 Å². The maximum Gasteiger partial charge on any atom is 0.246 e. The summed E-state index contributed by atoms with van der Waals surface area (Å²) >= 11 is 6.03. The first-order valence-corrected chi connectivity index (χ1v) is 8.80. The molecule has 7 heteroatoms. The first-order valence-electron chi connectivity index (χ1n) is 6.98. The van der Waals surface area contributed by atoms with Gasteiger partial charge in [-0.1, -0.05) is 25.4 Å². The van der Waals surface area contributed by atoms with Crippen molar-refractivity contribution in [2.24, 2.45) is 5.73 Å². The molecule has 0 atom stereocenters. The molecule has 0 saturated carbocycles. The van der Waals surface area contributed by atoms with Crippen molar-refractivity contribution in [3.63, 3.8) is 0 Å². The minimum atomic E-state index is -3.65. The fraction of sp³-hybridized carbons (Fsp3) is 0.571. The summed E-state index contributed by atoms with van der Waals surface area (Å²) in [6.07, 6.45) is 1.48. The van der Waals surface area contributed by atoms with Crippen LogP contribution in [0, 0.1) is 0 Å². The number of sulfonamides is 1. The molecule has 1 rings (SSSR count). The molecule has 120 valence electrons. The van der Waals surface area contributed by atoms with E-state index in [1.807, 2.05) is 13.8 Å². The first kappa shape index (κ1) is 18.2. The van der Waals surface area contributed by atoms with Gasteiger partial charge < -0.3 is 10.5 Å². The van der Waals surface area contributed by atoms with Crippen LogP contribution in [0.4, 0.5) is 0 Å². The van der Waals surface area contributed by atoms with E-state index in [9.17, 15) is 8.42 Å². The topological polar surface area (TPSA) is 72.6 Å². The number of hydrogen-bond donors (Lipinski definition) is 1. The number of benzene rings is 1. The summed E-state index contributed by atoms with van der Waals surface area (Å²) in [7, 11) is -2.22. The Balaban J connectivity index is 3.44. The molecule has 0 bridgehead atoms. The lowest BCUT2D eigenvalue weighted by Crippen LogP contribution is -2.33. The summed E-state index contributed by atoms with van der Waals surface area (Å²) in [6.45, 7) is 4.97. The van der Waals surface area contributed by atoms with Gasteiger partial charge in [0, 0.05) is 30.2 Å². The summed E-state index contributed by atoms with van der Waals surface area (Å²) in [6, 6.07) is 3.05. The van der Waals surface area contributed by atoms with Crippen LogP contribution in [0.2, 0.25) is 5.02 Å². The Morgan fingerprint density at radius 3 is 2.24 bits per heavy atom. The zero-order valence-corrected chi connectivity index (χ0v) is 14.3. The van der Waals surface area contributed by atoms with Crippen LogP contribution in [-0.2, 0) is 16.6 Å². The number of ether oxygens (including phenoxy) is 1. The van der Waals surface area contributed by atoms with Crippen molar-refractivity contribution in [2.75, 3.05) is 20.2 Å². The molecule has 5 nitrogen and oxygen atoms in total. The van der Waals surface area contributed by atoms with Crippen LogP contribution in [-0.4, -0.2) is 32.9 Å². The van der Waals surface area contributed by atoms with Crippen molar-refractivity contribution >= 4 is 21.6 Å². The van der Waals surface area contributed by atoms with E-state index in [0.717, 1.165) is 12.8 Å². The Hall–Kier alpha value is -0.820. The Labute approximate surface area is 132 Å². The Kier molecular flexibility index (Phi) is 6.93. The van der Waals surface area contributed by atoms with Gasteiger partial charge >= 0.3 is 0 Å². The minimum Gasteiger partial charge on any atom is -0.495 e. The summed E-state index contributed by atoms with van der Waals surface area (Å²) < 4.78 is 32.4. The van der Waals surface area contributed by atoms with Gasteiger partial charge in [0.25, 0.3) is 0 Å².